The minimum atomic E-state index is -6.66. The largest absolute Gasteiger partial charge is 0.466 e. The minimum absolute atomic E-state index is 0.388. The Bertz CT molecular complexity index is 379. The predicted molar refractivity (Wildman–Crippen MR) is 47.1 cm³/mol. The van der Waals surface area contributed by atoms with E-state index in [1.54, 1.807) is 0 Å². The van der Waals surface area contributed by atoms with Crippen LogP contribution in [0.25, 0.3) is 0 Å². The molecule has 0 aliphatic heterocycles. The van der Waals surface area contributed by atoms with Crippen molar-refractivity contribution >= 4 is 11.8 Å². The van der Waals surface area contributed by atoms with E-state index in [1.165, 1.54) is 6.92 Å². The highest BCUT2D eigenvalue weighted by atomic mass is 19.4. The topological polar surface area (TPSA) is 43.4 Å². The monoisotopic (exact) mass is 316 g/mol. The lowest BCUT2D eigenvalue weighted by Gasteiger charge is -2.31. The summed E-state index contributed by atoms with van der Waals surface area (Å²) >= 11 is 0. The van der Waals surface area contributed by atoms with Gasteiger partial charge < -0.3 is 4.74 Å². The Kier molecular flexibility index (Phi) is 5.50. The van der Waals surface area contributed by atoms with Gasteiger partial charge in [-0.25, -0.2) is 8.78 Å². The van der Waals surface area contributed by atoms with Crippen molar-refractivity contribution in [3.05, 3.63) is 0 Å². The van der Waals surface area contributed by atoms with Gasteiger partial charge >= 0.3 is 30.2 Å². The molecule has 0 aromatic heterocycles. The number of Topliss-reactive ketones (excluding diaryl/α,β-unsaturated/α-hetero) is 1. The number of esters is 1. The molecule has 0 saturated carbocycles. The number of rotatable bonds is 7. The van der Waals surface area contributed by atoms with E-state index in [9.17, 15) is 44.7 Å². The van der Waals surface area contributed by atoms with Gasteiger partial charge in [0.1, 0.15) is 6.42 Å². The van der Waals surface area contributed by atoms with Crippen LogP contribution in [0.3, 0.4) is 0 Å². The summed E-state index contributed by atoms with van der Waals surface area (Å²) < 4.78 is 104. The first-order valence-corrected chi connectivity index (χ1v) is 4.92. The minimum Gasteiger partial charge on any atom is -0.466 e. The highest BCUT2D eigenvalue weighted by molar-refractivity contribution is 6.00. The zero-order valence-corrected chi connectivity index (χ0v) is 9.74. The number of hydrogen-bond donors (Lipinski definition) is 0. The van der Waals surface area contributed by atoms with Crippen LogP contribution in [-0.2, 0) is 14.3 Å². The van der Waals surface area contributed by atoms with Crippen LogP contribution in [0.1, 0.15) is 13.3 Å². The Hall–Kier alpha value is -1.42. The van der Waals surface area contributed by atoms with Gasteiger partial charge in [-0.2, -0.15) is 26.3 Å². The standard InChI is InChI=1S/C9H8F8O3/c1-2-20-5(19)3-4(18)7(12,13)9(16,17)8(14,15)6(10)11/h6H,2-3H2,1H3. The normalized spacial score (nSPS) is 13.5. The van der Waals surface area contributed by atoms with Gasteiger partial charge in [0.25, 0.3) is 0 Å². The molecule has 0 unspecified atom stereocenters. The molecule has 0 N–H and O–H groups in total. The zero-order chi connectivity index (χ0) is 16.4. The van der Waals surface area contributed by atoms with Crippen LogP contribution in [-0.4, -0.2) is 42.6 Å². The van der Waals surface area contributed by atoms with E-state index in [0.29, 0.717) is 0 Å². The Labute approximate surface area is 106 Å². The molecule has 0 saturated heterocycles. The van der Waals surface area contributed by atoms with Crippen molar-refractivity contribution in [3.63, 3.8) is 0 Å². The fourth-order valence-electron chi connectivity index (χ4n) is 0.976. The highest BCUT2D eigenvalue weighted by Crippen LogP contribution is 2.49. The average Bonchev–Trinajstić information content (AvgIpc) is 2.28. The van der Waals surface area contributed by atoms with Crippen LogP contribution >= 0.6 is 0 Å². The van der Waals surface area contributed by atoms with Gasteiger partial charge in [0.15, 0.2) is 0 Å². The quantitative estimate of drug-likeness (QED) is 0.412. The molecule has 3 nitrogen and oxygen atoms in total. The molecule has 0 fully saturated rings. The summed E-state index contributed by atoms with van der Waals surface area (Å²) in [7, 11) is 0. The molecule has 0 spiro atoms. The molecule has 118 valence electrons. The summed E-state index contributed by atoms with van der Waals surface area (Å²) in [6, 6.07) is 0. The van der Waals surface area contributed by atoms with Crippen molar-refractivity contribution < 1.29 is 49.4 Å². The molecule has 11 heteroatoms. The number of halogens is 8. The van der Waals surface area contributed by atoms with Crippen LogP contribution in [0.4, 0.5) is 35.1 Å². The molecule has 0 heterocycles. The molecule has 0 atom stereocenters. The van der Waals surface area contributed by atoms with Gasteiger partial charge in [-0.1, -0.05) is 0 Å². The SMILES string of the molecule is CCOC(=O)CC(=O)C(F)(F)C(F)(F)C(F)(F)C(F)F. The first-order valence-electron chi connectivity index (χ1n) is 4.92. The Morgan fingerprint density at radius 1 is 1.05 bits per heavy atom. The maximum atomic E-state index is 12.9. The molecule has 20 heavy (non-hydrogen) atoms. The Balaban J connectivity index is 5.30. The van der Waals surface area contributed by atoms with Crippen LogP contribution in [0.15, 0.2) is 0 Å². The molecule has 0 aliphatic carbocycles. The van der Waals surface area contributed by atoms with Crippen LogP contribution in [0, 0.1) is 0 Å². The second-order valence-corrected chi connectivity index (χ2v) is 3.48. The Morgan fingerprint density at radius 3 is 1.85 bits per heavy atom. The molecule has 0 aromatic rings. The number of alkyl halides is 8. The first-order chi connectivity index (χ1) is 8.82. The van der Waals surface area contributed by atoms with Gasteiger partial charge in [0, 0.05) is 0 Å². The number of carbonyl (C=O) groups is 2. The van der Waals surface area contributed by atoms with Gasteiger partial charge in [0.05, 0.1) is 6.61 Å². The molecule has 0 aromatic carbocycles. The summed E-state index contributed by atoms with van der Waals surface area (Å²) in [6.07, 6.45) is -7.07. The number of hydrogen-bond acceptors (Lipinski definition) is 3. The summed E-state index contributed by atoms with van der Waals surface area (Å²) in [5.74, 6) is -23.9. The Morgan fingerprint density at radius 2 is 1.50 bits per heavy atom. The molecule has 0 radical (unpaired) electrons. The lowest BCUT2D eigenvalue weighted by atomic mass is 9.99. The summed E-state index contributed by atoms with van der Waals surface area (Å²) in [6.45, 7) is 0.807. The van der Waals surface area contributed by atoms with Gasteiger partial charge in [-0.05, 0) is 6.92 Å². The van der Waals surface area contributed by atoms with Gasteiger partial charge in [-0.15, -0.1) is 0 Å². The van der Waals surface area contributed by atoms with E-state index in [0.717, 1.165) is 0 Å². The molecule has 0 aliphatic rings. The third kappa shape index (κ3) is 3.18. The molecule has 0 bridgehead atoms. The number of ketones is 1. The lowest BCUT2D eigenvalue weighted by Crippen LogP contribution is -2.60. The van der Waals surface area contributed by atoms with E-state index >= 15 is 0 Å². The highest BCUT2D eigenvalue weighted by Gasteiger charge is 2.77. The van der Waals surface area contributed by atoms with E-state index in [1.807, 2.05) is 0 Å². The third-order valence-corrected chi connectivity index (χ3v) is 2.05. The van der Waals surface area contributed by atoms with Crippen molar-refractivity contribution in [2.24, 2.45) is 0 Å². The predicted octanol–water partition coefficient (Wildman–Crippen LogP) is 2.68. The van der Waals surface area contributed by atoms with Crippen molar-refractivity contribution in [1.29, 1.82) is 0 Å². The molecule has 0 rings (SSSR count). The van der Waals surface area contributed by atoms with Gasteiger partial charge in [-0.3, -0.25) is 9.59 Å². The second-order valence-electron chi connectivity index (χ2n) is 3.48. The lowest BCUT2D eigenvalue weighted by molar-refractivity contribution is -0.327. The maximum Gasteiger partial charge on any atom is 0.385 e. The molecular weight excluding hydrogens is 308 g/mol. The smallest absolute Gasteiger partial charge is 0.385 e. The van der Waals surface area contributed by atoms with Crippen LogP contribution in [0.2, 0.25) is 0 Å². The van der Waals surface area contributed by atoms with Gasteiger partial charge in [0.2, 0.25) is 5.78 Å². The summed E-state index contributed by atoms with van der Waals surface area (Å²) in [5, 5.41) is 0. The van der Waals surface area contributed by atoms with Crippen molar-refractivity contribution in [2.75, 3.05) is 6.61 Å². The molecule has 0 amide bonds. The van der Waals surface area contributed by atoms with Crippen molar-refractivity contribution in [1.82, 2.24) is 0 Å². The summed E-state index contributed by atoms with van der Waals surface area (Å²) in [5.41, 5.74) is 0. The van der Waals surface area contributed by atoms with E-state index in [2.05, 4.69) is 4.74 Å². The van der Waals surface area contributed by atoms with Crippen LogP contribution < -0.4 is 0 Å². The fraction of sp³-hybridized carbons (Fsp3) is 0.778. The third-order valence-electron chi connectivity index (χ3n) is 2.05. The average molecular weight is 316 g/mol. The first kappa shape index (κ1) is 18.6. The van der Waals surface area contributed by atoms with E-state index < -0.39 is 42.4 Å². The zero-order valence-electron chi connectivity index (χ0n) is 9.74. The van der Waals surface area contributed by atoms with E-state index in [-0.39, 0.29) is 6.61 Å². The van der Waals surface area contributed by atoms with E-state index in [4.69, 9.17) is 0 Å². The fourth-order valence-corrected chi connectivity index (χ4v) is 0.976. The number of ether oxygens (including phenoxy) is 1. The maximum absolute atomic E-state index is 12.9. The molecular formula is C9H8F8O3. The van der Waals surface area contributed by atoms with Crippen molar-refractivity contribution in [2.45, 2.75) is 37.5 Å². The number of carbonyl (C=O) groups excluding carboxylic acids is 2. The second kappa shape index (κ2) is 5.92. The van der Waals surface area contributed by atoms with Crippen molar-refractivity contribution in [3.8, 4) is 0 Å². The summed E-state index contributed by atoms with van der Waals surface area (Å²) in [4.78, 5) is 21.4. The van der Waals surface area contributed by atoms with Crippen LogP contribution in [0.5, 0.6) is 0 Å².